The lowest BCUT2D eigenvalue weighted by Gasteiger charge is -2.39. The van der Waals surface area contributed by atoms with E-state index in [0.29, 0.717) is 19.0 Å². The van der Waals surface area contributed by atoms with Crippen molar-refractivity contribution < 1.29 is 9.59 Å². The third-order valence-electron chi connectivity index (χ3n) is 5.05. The Morgan fingerprint density at radius 3 is 2.52 bits per heavy atom. The van der Waals surface area contributed by atoms with Gasteiger partial charge in [-0.05, 0) is 42.9 Å². The number of carbonyl (C=O) groups is 2. The minimum absolute atomic E-state index is 0.170. The van der Waals surface area contributed by atoms with E-state index < -0.39 is 0 Å². The van der Waals surface area contributed by atoms with Gasteiger partial charge < -0.3 is 9.80 Å². The first-order valence-electron chi connectivity index (χ1n) is 9.10. The van der Waals surface area contributed by atoms with Gasteiger partial charge in [-0.2, -0.15) is 5.21 Å². The van der Waals surface area contributed by atoms with Crippen LogP contribution in [0.2, 0.25) is 5.02 Å². The number of halogens is 1. The average molecular weight is 389 g/mol. The van der Waals surface area contributed by atoms with Crippen LogP contribution in [0.15, 0.2) is 24.3 Å². The highest BCUT2D eigenvalue weighted by Crippen LogP contribution is 2.23. The summed E-state index contributed by atoms with van der Waals surface area (Å²) in [4.78, 5) is 28.3. The van der Waals surface area contributed by atoms with Crippen LogP contribution in [0.1, 0.15) is 28.9 Å². The van der Waals surface area contributed by atoms with E-state index in [1.165, 1.54) is 5.56 Å². The van der Waals surface area contributed by atoms with Crippen LogP contribution in [-0.4, -0.2) is 63.3 Å². The lowest BCUT2D eigenvalue weighted by atomic mass is 9.92. The number of hydrogen-bond donors (Lipinski definition) is 2. The van der Waals surface area contributed by atoms with Crippen molar-refractivity contribution in [1.29, 1.82) is 0 Å². The van der Waals surface area contributed by atoms with Crippen LogP contribution in [0.4, 0.5) is 10.6 Å². The molecule has 0 bridgehead atoms. The summed E-state index contributed by atoms with van der Waals surface area (Å²) in [5.74, 6) is 0.416. The molecule has 2 fully saturated rings. The van der Waals surface area contributed by atoms with Crippen LogP contribution >= 0.6 is 11.6 Å². The summed E-state index contributed by atoms with van der Waals surface area (Å²) in [5, 5.41) is 13.7. The van der Waals surface area contributed by atoms with Crippen molar-refractivity contribution in [1.82, 2.24) is 25.2 Å². The number of aromatic nitrogens is 3. The Balaban J connectivity index is 1.30. The maximum Gasteiger partial charge on any atom is 0.323 e. The molecule has 0 aliphatic carbocycles. The van der Waals surface area contributed by atoms with Crippen molar-refractivity contribution in [2.45, 2.75) is 19.3 Å². The molecule has 4 rings (SSSR count). The Morgan fingerprint density at radius 2 is 1.81 bits per heavy atom. The molecule has 0 atom stereocenters. The van der Waals surface area contributed by atoms with E-state index in [9.17, 15) is 9.59 Å². The van der Waals surface area contributed by atoms with Gasteiger partial charge in [0.15, 0.2) is 11.5 Å². The number of nitrogens with zero attached hydrogens (tertiary/aromatic N) is 4. The van der Waals surface area contributed by atoms with Crippen molar-refractivity contribution in [3.63, 3.8) is 0 Å². The van der Waals surface area contributed by atoms with E-state index in [1.54, 1.807) is 9.80 Å². The number of amides is 3. The molecule has 3 amide bonds. The number of urea groups is 1. The minimum Gasteiger partial charge on any atom is -0.337 e. The first-order chi connectivity index (χ1) is 13.1. The molecule has 142 valence electrons. The van der Waals surface area contributed by atoms with Gasteiger partial charge in [-0.25, -0.2) is 4.79 Å². The molecule has 0 saturated carbocycles. The predicted octanol–water partition coefficient (Wildman–Crippen LogP) is 2.40. The fraction of sp³-hybridized carbons (Fsp3) is 0.444. The molecule has 8 nitrogen and oxygen atoms in total. The number of anilines is 1. The second-order valence-corrected chi connectivity index (χ2v) is 7.49. The number of nitrogens with one attached hydrogen (secondary N) is 2. The van der Waals surface area contributed by atoms with E-state index in [4.69, 9.17) is 11.6 Å². The van der Waals surface area contributed by atoms with E-state index in [2.05, 4.69) is 20.7 Å². The second kappa shape index (κ2) is 7.56. The van der Waals surface area contributed by atoms with Crippen LogP contribution in [0, 0.1) is 5.92 Å². The summed E-state index contributed by atoms with van der Waals surface area (Å²) in [6, 6.07) is 7.52. The second-order valence-electron chi connectivity index (χ2n) is 7.05. The number of rotatable bonds is 4. The molecular weight excluding hydrogens is 368 g/mol. The lowest BCUT2D eigenvalue weighted by Crippen LogP contribution is -2.52. The smallest absolute Gasteiger partial charge is 0.323 e. The summed E-state index contributed by atoms with van der Waals surface area (Å²) in [7, 11) is 0. The third kappa shape index (κ3) is 3.90. The van der Waals surface area contributed by atoms with Gasteiger partial charge in [0.25, 0.3) is 5.91 Å². The number of carbonyl (C=O) groups excluding carboxylic acids is 2. The van der Waals surface area contributed by atoms with Crippen LogP contribution in [0.5, 0.6) is 0 Å². The molecule has 3 heterocycles. The molecule has 0 spiro atoms. The topological polar surface area (TPSA) is 94.2 Å². The van der Waals surface area contributed by atoms with Crippen LogP contribution < -0.4 is 5.32 Å². The highest BCUT2D eigenvalue weighted by atomic mass is 35.5. The molecular formula is C18H21ClN6O2. The van der Waals surface area contributed by atoms with Gasteiger partial charge in [0.1, 0.15) is 0 Å². The molecule has 0 unspecified atom stereocenters. The fourth-order valence-electron chi connectivity index (χ4n) is 3.54. The Hall–Kier alpha value is -2.61. The van der Waals surface area contributed by atoms with Crippen LogP contribution in [0.25, 0.3) is 0 Å². The summed E-state index contributed by atoms with van der Waals surface area (Å²) in [6.45, 7) is 2.78. The highest BCUT2D eigenvalue weighted by molar-refractivity contribution is 6.30. The molecule has 1 aromatic heterocycles. The quantitative estimate of drug-likeness (QED) is 0.840. The fourth-order valence-corrected chi connectivity index (χ4v) is 3.66. The summed E-state index contributed by atoms with van der Waals surface area (Å²) in [5.41, 5.74) is 1.38. The molecule has 27 heavy (non-hydrogen) atoms. The lowest BCUT2D eigenvalue weighted by molar-refractivity contribution is 0.0788. The third-order valence-corrected chi connectivity index (χ3v) is 5.30. The Morgan fingerprint density at radius 1 is 1.11 bits per heavy atom. The number of benzene rings is 1. The standard InChI is InChI=1S/C18H21ClN6O2/c19-14-5-3-12(4-6-14)9-13-10-25(11-13)18(27)20-16-15(21-23-22-16)17(26)24-7-1-2-8-24/h3-6,13H,1-2,7-11H2,(H2,20,21,22,23,27). The van der Waals surface area contributed by atoms with Crippen LogP contribution in [-0.2, 0) is 6.42 Å². The molecule has 1 aromatic carbocycles. The van der Waals surface area contributed by atoms with Crippen LogP contribution in [0.3, 0.4) is 0 Å². The maximum atomic E-state index is 12.5. The average Bonchev–Trinajstić information content (AvgIpc) is 3.30. The first-order valence-corrected chi connectivity index (χ1v) is 9.48. The number of H-pyrrole nitrogens is 1. The molecule has 9 heteroatoms. The molecule has 2 aromatic rings. The number of likely N-dealkylation sites (tertiary alicyclic amines) is 2. The molecule has 2 saturated heterocycles. The van der Waals surface area contributed by atoms with Gasteiger partial charge in [0, 0.05) is 31.2 Å². The molecule has 0 radical (unpaired) electrons. The van der Waals surface area contributed by atoms with Gasteiger partial charge in [0.05, 0.1) is 0 Å². The summed E-state index contributed by atoms with van der Waals surface area (Å²) < 4.78 is 0. The first kappa shape index (κ1) is 17.8. The normalized spacial score (nSPS) is 17.1. The van der Waals surface area contributed by atoms with Crippen molar-refractivity contribution in [3.8, 4) is 0 Å². The van der Waals surface area contributed by atoms with Gasteiger partial charge in [-0.3, -0.25) is 10.1 Å². The highest BCUT2D eigenvalue weighted by Gasteiger charge is 2.32. The predicted molar refractivity (Wildman–Crippen MR) is 101 cm³/mol. The van der Waals surface area contributed by atoms with Gasteiger partial charge in [-0.1, -0.05) is 23.7 Å². The van der Waals surface area contributed by atoms with Crippen molar-refractivity contribution in [2.24, 2.45) is 5.92 Å². The molecule has 2 aliphatic rings. The van der Waals surface area contributed by atoms with E-state index >= 15 is 0 Å². The number of hydrogen-bond acceptors (Lipinski definition) is 4. The largest absolute Gasteiger partial charge is 0.337 e. The zero-order chi connectivity index (χ0) is 18.8. The molecule has 2 N–H and O–H groups in total. The number of aromatic amines is 1. The van der Waals surface area contributed by atoms with Gasteiger partial charge in [0.2, 0.25) is 0 Å². The minimum atomic E-state index is -0.258. The molecule has 2 aliphatic heterocycles. The SMILES string of the molecule is O=C(Nc1n[nH]nc1C(=O)N1CCCC1)N1CC(Cc2ccc(Cl)cc2)C1. The maximum absolute atomic E-state index is 12.5. The van der Waals surface area contributed by atoms with E-state index in [-0.39, 0.29) is 23.5 Å². The van der Waals surface area contributed by atoms with Gasteiger partial charge >= 0.3 is 6.03 Å². The summed E-state index contributed by atoms with van der Waals surface area (Å²) in [6.07, 6.45) is 2.89. The van der Waals surface area contributed by atoms with Crippen molar-refractivity contribution in [3.05, 3.63) is 40.5 Å². The van der Waals surface area contributed by atoms with E-state index in [0.717, 1.165) is 37.4 Å². The summed E-state index contributed by atoms with van der Waals surface area (Å²) >= 11 is 5.90. The van der Waals surface area contributed by atoms with Gasteiger partial charge in [-0.15, -0.1) is 10.2 Å². The zero-order valence-corrected chi connectivity index (χ0v) is 15.6. The Labute approximate surface area is 161 Å². The zero-order valence-electron chi connectivity index (χ0n) is 14.8. The van der Waals surface area contributed by atoms with Crippen molar-refractivity contribution >= 4 is 29.4 Å². The monoisotopic (exact) mass is 388 g/mol. The Bertz CT molecular complexity index is 825. The Kier molecular flexibility index (Phi) is 4.98. The van der Waals surface area contributed by atoms with E-state index in [1.807, 2.05) is 24.3 Å². The van der Waals surface area contributed by atoms with Crippen molar-refractivity contribution in [2.75, 3.05) is 31.5 Å².